The van der Waals surface area contributed by atoms with Crippen LogP contribution in [0.4, 0.5) is 0 Å². The molecule has 1 aliphatic heterocycles. The molecule has 0 N–H and O–H groups in total. The Hall–Kier alpha value is -1.02. The van der Waals surface area contributed by atoms with E-state index in [2.05, 4.69) is 43.9 Å². The third-order valence-electron chi connectivity index (χ3n) is 3.78. The fourth-order valence-corrected chi connectivity index (χ4v) is 2.60. The van der Waals surface area contributed by atoms with Gasteiger partial charge in [-0.15, -0.1) is 0 Å². The summed E-state index contributed by atoms with van der Waals surface area (Å²) in [6, 6.07) is 7.21. The molecule has 0 unspecified atom stereocenters. The van der Waals surface area contributed by atoms with E-state index in [4.69, 9.17) is 4.74 Å². The van der Waals surface area contributed by atoms with Crippen molar-refractivity contribution in [3.05, 3.63) is 29.3 Å². The van der Waals surface area contributed by atoms with E-state index in [0.717, 1.165) is 38.3 Å². The number of nitrogens with zero attached hydrogens (tertiary/aromatic N) is 1. The normalized spacial score (nSPS) is 16.5. The number of hydrogen-bond acceptors (Lipinski definition) is 2. The van der Waals surface area contributed by atoms with Crippen molar-refractivity contribution in [2.75, 3.05) is 19.7 Å². The summed E-state index contributed by atoms with van der Waals surface area (Å²) in [6.07, 6.45) is 2.31. The van der Waals surface area contributed by atoms with Crippen molar-refractivity contribution in [3.63, 3.8) is 0 Å². The van der Waals surface area contributed by atoms with E-state index in [1.807, 2.05) is 0 Å². The highest BCUT2D eigenvalue weighted by molar-refractivity contribution is 5.39. The Labute approximate surface area is 105 Å². The van der Waals surface area contributed by atoms with Gasteiger partial charge in [-0.2, -0.15) is 0 Å². The average molecular weight is 233 g/mol. The molecule has 0 radical (unpaired) electrons. The zero-order valence-corrected chi connectivity index (χ0v) is 11.2. The highest BCUT2D eigenvalue weighted by atomic mass is 16.5. The fourth-order valence-electron chi connectivity index (χ4n) is 2.60. The highest BCUT2D eigenvalue weighted by Crippen LogP contribution is 2.29. The van der Waals surface area contributed by atoms with Gasteiger partial charge in [0.15, 0.2) is 0 Å². The Morgan fingerprint density at radius 3 is 2.76 bits per heavy atom. The monoisotopic (exact) mass is 233 g/mol. The summed E-state index contributed by atoms with van der Waals surface area (Å²) in [7, 11) is 0. The Kier molecular flexibility index (Phi) is 4.06. The van der Waals surface area contributed by atoms with Crippen LogP contribution in [0, 0.1) is 0 Å². The first kappa shape index (κ1) is 12.4. The Bertz CT molecular complexity index is 371. The van der Waals surface area contributed by atoms with Crippen LogP contribution in [-0.4, -0.2) is 24.6 Å². The van der Waals surface area contributed by atoms with Gasteiger partial charge in [0.2, 0.25) is 0 Å². The third kappa shape index (κ3) is 2.63. The van der Waals surface area contributed by atoms with Gasteiger partial charge in [0.05, 0.1) is 6.61 Å². The van der Waals surface area contributed by atoms with Gasteiger partial charge in [0, 0.05) is 6.04 Å². The van der Waals surface area contributed by atoms with Gasteiger partial charge in [-0.1, -0.05) is 26.0 Å². The standard InChI is InChI=1S/C15H23NO/c1-4-16(5-2)12(3)14-9-8-13-7-6-10-17-15(13)11-14/h8-9,11-12H,4-7,10H2,1-3H3/t12-/m0/s1. The molecule has 1 heterocycles. The van der Waals surface area contributed by atoms with Crippen LogP contribution >= 0.6 is 0 Å². The molecule has 0 saturated heterocycles. The number of benzene rings is 1. The highest BCUT2D eigenvalue weighted by Gasteiger charge is 2.16. The van der Waals surface area contributed by atoms with E-state index in [0.29, 0.717) is 6.04 Å². The van der Waals surface area contributed by atoms with Gasteiger partial charge in [0.1, 0.15) is 5.75 Å². The lowest BCUT2D eigenvalue weighted by Gasteiger charge is -2.28. The predicted octanol–water partition coefficient (Wildman–Crippen LogP) is 3.41. The van der Waals surface area contributed by atoms with Crippen LogP contribution in [0.2, 0.25) is 0 Å². The average Bonchev–Trinajstić information content (AvgIpc) is 2.39. The van der Waals surface area contributed by atoms with Crippen LogP contribution < -0.4 is 4.74 Å². The molecule has 1 aromatic rings. The van der Waals surface area contributed by atoms with Crippen molar-refractivity contribution in [2.24, 2.45) is 0 Å². The molecule has 2 rings (SSSR count). The van der Waals surface area contributed by atoms with Crippen molar-refractivity contribution < 1.29 is 4.74 Å². The minimum atomic E-state index is 0.473. The van der Waals surface area contributed by atoms with E-state index in [1.165, 1.54) is 11.1 Å². The van der Waals surface area contributed by atoms with Gasteiger partial charge in [-0.3, -0.25) is 4.90 Å². The number of rotatable bonds is 4. The molecule has 94 valence electrons. The van der Waals surface area contributed by atoms with Crippen molar-refractivity contribution in [3.8, 4) is 5.75 Å². The molecular weight excluding hydrogens is 210 g/mol. The molecule has 2 nitrogen and oxygen atoms in total. The van der Waals surface area contributed by atoms with Crippen LogP contribution in [0.1, 0.15) is 44.4 Å². The summed E-state index contributed by atoms with van der Waals surface area (Å²) in [5, 5.41) is 0. The van der Waals surface area contributed by atoms with Crippen LogP contribution in [0.25, 0.3) is 0 Å². The predicted molar refractivity (Wildman–Crippen MR) is 71.6 cm³/mol. The summed E-state index contributed by atoms with van der Waals surface area (Å²) in [5.41, 5.74) is 2.74. The minimum absolute atomic E-state index is 0.473. The smallest absolute Gasteiger partial charge is 0.122 e. The Morgan fingerprint density at radius 2 is 2.06 bits per heavy atom. The lowest BCUT2D eigenvalue weighted by atomic mass is 10.00. The van der Waals surface area contributed by atoms with Crippen LogP contribution in [-0.2, 0) is 6.42 Å². The topological polar surface area (TPSA) is 12.5 Å². The van der Waals surface area contributed by atoms with Gasteiger partial charge >= 0.3 is 0 Å². The fraction of sp³-hybridized carbons (Fsp3) is 0.600. The first-order valence-electron chi connectivity index (χ1n) is 6.76. The lowest BCUT2D eigenvalue weighted by molar-refractivity contribution is 0.232. The summed E-state index contributed by atoms with van der Waals surface area (Å²) < 4.78 is 5.74. The van der Waals surface area contributed by atoms with Gasteiger partial charge in [-0.25, -0.2) is 0 Å². The maximum Gasteiger partial charge on any atom is 0.122 e. The first-order valence-corrected chi connectivity index (χ1v) is 6.76. The summed E-state index contributed by atoms with van der Waals surface area (Å²) >= 11 is 0. The molecule has 0 bridgehead atoms. The first-order chi connectivity index (χ1) is 8.26. The van der Waals surface area contributed by atoms with Crippen LogP contribution in [0.15, 0.2) is 18.2 Å². The molecule has 0 fully saturated rings. The molecule has 0 saturated carbocycles. The maximum atomic E-state index is 5.74. The van der Waals surface area contributed by atoms with Crippen LogP contribution in [0.3, 0.4) is 0 Å². The second-order valence-electron chi connectivity index (χ2n) is 4.72. The van der Waals surface area contributed by atoms with Gasteiger partial charge < -0.3 is 4.74 Å². The van der Waals surface area contributed by atoms with E-state index in [-0.39, 0.29) is 0 Å². The molecule has 17 heavy (non-hydrogen) atoms. The summed E-state index contributed by atoms with van der Waals surface area (Å²) in [4.78, 5) is 2.46. The minimum Gasteiger partial charge on any atom is -0.493 e. The molecular formula is C15H23NO. The Morgan fingerprint density at radius 1 is 1.29 bits per heavy atom. The van der Waals surface area contributed by atoms with Crippen LogP contribution in [0.5, 0.6) is 5.75 Å². The molecule has 0 spiro atoms. The largest absolute Gasteiger partial charge is 0.493 e. The van der Waals surface area contributed by atoms with E-state index < -0.39 is 0 Å². The molecule has 1 aliphatic rings. The third-order valence-corrected chi connectivity index (χ3v) is 3.78. The zero-order valence-electron chi connectivity index (χ0n) is 11.2. The summed E-state index contributed by atoms with van der Waals surface area (Å²) in [6.45, 7) is 9.77. The molecule has 1 atom stereocenters. The Balaban J connectivity index is 2.21. The number of hydrogen-bond donors (Lipinski definition) is 0. The van der Waals surface area contributed by atoms with Crippen molar-refractivity contribution in [1.82, 2.24) is 4.90 Å². The maximum absolute atomic E-state index is 5.74. The molecule has 0 amide bonds. The van der Waals surface area contributed by atoms with E-state index >= 15 is 0 Å². The van der Waals surface area contributed by atoms with Crippen molar-refractivity contribution in [2.45, 2.75) is 39.7 Å². The number of fused-ring (bicyclic) bond motifs is 1. The molecule has 0 aromatic heterocycles. The zero-order chi connectivity index (χ0) is 12.3. The van der Waals surface area contributed by atoms with Gasteiger partial charge in [-0.05, 0) is 50.0 Å². The van der Waals surface area contributed by atoms with E-state index in [9.17, 15) is 0 Å². The number of ether oxygens (including phenoxy) is 1. The van der Waals surface area contributed by atoms with Gasteiger partial charge in [0.25, 0.3) is 0 Å². The van der Waals surface area contributed by atoms with E-state index in [1.54, 1.807) is 0 Å². The molecule has 0 aliphatic carbocycles. The van der Waals surface area contributed by atoms with Crippen molar-refractivity contribution in [1.29, 1.82) is 0 Å². The van der Waals surface area contributed by atoms with Crippen molar-refractivity contribution >= 4 is 0 Å². The quantitative estimate of drug-likeness (QED) is 0.790. The second-order valence-corrected chi connectivity index (χ2v) is 4.72. The second kappa shape index (κ2) is 5.54. The summed E-state index contributed by atoms with van der Waals surface area (Å²) in [5.74, 6) is 1.10. The molecule has 2 heteroatoms. The molecule has 1 aromatic carbocycles. The lowest BCUT2D eigenvalue weighted by Crippen LogP contribution is -2.26. The SMILES string of the molecule is CCN(CC)[C@@H](C)c1ccc2c(c1)OCCC2. The number of aryl methyl sites for hydroxylation is 1.